The van der Waals surface area contributed by atoms with Crippen LogP contribution in [0, 0.1) is 19.8 Å². The Labute approximate surface area is 108 Å². The standard InChI is InChI=1S/C15H20O3/c1-9-5-10(2)14(13(6-9)17-4)15(16)12-7-11(3)18-8-12/h5-6,11-12H,7-8H2,1-4H3. The number of carbonyl (C=O) groups excluding carboxylic acids is 1. The van der Waals surface area contributed by atoms with Crippen molar-refractivity contribution in [3.8, 4) is 5.75 Å². The first-order chi connectivity index (χ1) is 8.52. The van der Waals surface area contributed by atoms with Gasteiger partial charge < -0.3 is 9.47 Å². The highest BCUT2D eigenvalue weighted by atomic mass is 16.5. The third-order valence-electron chi connectivity index (χ3n) is 3.48. The van der Waals surface area contributed by atoms with Crippen molar-refractivity contribution in [3.05, 3.63) is 28.8 Å². The summed E-state index contributed by atoms with van der Waals surface area (Å²) in [6, 6.07) is 3.94. The number of ketones is 1. The van der Waals surface area contributed by atoms with E-state index in [0.717, 1.165) is 17.5 Å². The van der Waals surface area contributed by atoms with Crippen molar-refractivity contribution in [2.75, 3.05) is 13.7 Å². The Bertz CT molecular complexity index is 465. The normalized spacial score (nSPS) is 23.1. The van der Waals surface area contributed by atoms with E-state index in [1.54, 1.807) is 7.11 Å². The Morgan fingerprint density at radius 2 is 2.11 bits per heavy atom. The molecule has 0 bridgehead atoms. The van der Waals surface area contributed by atoms with Crippen molar-refractivity contribution in [1.82, 2.24) is 0 Å². The molecule has 1 fully saturated rings. The third-order valence-corrected chi connectivity index (χ3v) is 3.48. The summed E-state index contributed by atoms with van der Waals surface area (Å²) in [6.45, 7) is 6.50. The summed E-state index contributed by atoms with van der Waals surface area (Å²) in [4.78, 5) is 12.5. The van der Waals surface area contributed by atoms with Crippen molar-refractivity contribution < 1.29 is 14.3 Å². The van der Waals surface area contributed by atoms with Gasteiger partial charge in [-0.2, -0.15) is 0 Å². The number of Topliss-reactive ketones (excluding diaryl/α,β-unsaturated/α-hetero) is 1. The van der Waals surface area contributed by atoms with Gasteiger partial charge in [-0.05, 0) is 44.4 Å². The first-order valence-corrected chi connectivity index (χ1v) is 6.34. The Kier molecular flexibility index (Phi) is 3.71. The monoisotopic (exact) mass is 248 g/mol. The molecule has 18 heavy (non-hydrogen) atoms. The summed E-state index contributed by atoms with van der Waals surface area (Å²) in [5.41, 5.74) is 2.80. The van der Waals surface area contributed by atoms with Gasteiger partial charge in [0.15, 0.2) is 5.78 Å². The lowest BCUT2D eigenvalue weighted by molar-refractivity contribution is 0.0874. The molecule has 1 aromatic carbocycles. The predicted molar refractivity (Wildman–Crippen MR) is 70.3 cm³/mol. The van der Waals surface area contributed by atoms with Crippen LogP contribution >= 0.6 is 0 Å². The second kappa shape index (κ2) is 5.11. The average Bonchev–Trinajstić information content (AvgIpc) is 2.74. The molecular weight excluding hydrogens is 228 g/mol. The zero-order valence-corrected chi connectivity index (χ0v) is 11.4. The molecule has 0 spiro atoms. The van der Waals surface area contributed by atoms with Crippen LogP contribution in [0.25, 0.3) is 0 Å². The van der Waals surface area contributed by atoms with Gasteiger partial charge in [0.2, 0.25) is 0 Å². The second-order valence-corrected chi connectivity index (χ2v) is 5.10. The van der Waals surface area contributed by atoms with Gasteiger partial charge in [0.05, 0.1) is 25.4 Å². The van der Waals surface area contributed by atoms with E-state index in [1.807, 2.05) is 32.9 Å². The fourth-order valence-corrected chi connectivity index (χ4v) is 2.61. The Morgan fingerprint density at radius 3 is 2.67 bits per heavy atom. The Balaban J connectivity index is 2.35. The second-order valence-electron chi connectivity index (χ2n) is 5.10. The Hall–Kier alpha value is -1.35. The van der Waals surface area contributed by atoms with Gasteiger partial charge in [-0.25, -0.2) is 0 Å². The number of carbonyl (C=O) groups is 1. The molecule has 2 rings (SSSR count). The van der Waals surface area contributed by atoms with Crippen molar-refractivity contribution in [1.29, 1.82) is 0 Å². The largest absolute Gasteiger partial charge is 0.496 e. The summed E-state index contributed by atoms with van der Waals surface area (Å²) in [6.07, 6.45) is 0.977. The third kappa shape index (κ3) is 2.41. The minimum atomic E-state index is -0.0321. The van der Waals surface area contributed by atoms with E-state index >= 15 is 0 Å². The van der Waals surface area contributed by atoms with Crippen LogP contribution in [0.15, 0.2) is 12.1 Å². The number of rotatable bonds is 3. The van der Waals surface area contributed by atoms with Crippen molar-refractivity contribution in [2.24, 2.45) is 5.92 Å². The van der Waals surface area contributed by atoms with Gasteiger partial charge in [-0.15, -0.1) is 0 Å². The molecule has 1 aromatic rings. The van der Waals surface area contributed by atoms with E-state index < -0.39 is 0 Å². The maximum absolute atomic E-state index is 12.5. The topological polar surface area (TPSA) is 35.5 Å². The van der Waals surface area contributed by atoms with Gasteiger partial charge in [-0.1, -0.05) is 6.07 Å². The van der Waals surface area contributed by atoms with Crippen molar-refractivity contribution in [2.45, 2.75) is 33.3 Å². The lowest BCUT2D eigenvalue weighted by atomic mass is 9.91. The smallest absolute Gasteiger partial charge is 0.172 e. The highest BCUT2D eigenvalue weighted by Gasteiger charge is 2.31. The summed E-state index contributed by atoms with van der Waals surface area (Å²) >= 11 is 0. The van der Waals surface area contributed by atoms with Crippen LogP contribution in [-0.4, -0.2) is 25.6 Å². The van der Waals surface area contributed by atoms with Crippen LogP contribution in [0.2, 0.25) is 0 Å². The fourth-order valence-electron chi connectivity index (χ4n) is 2.61. The predicted octanol–water partition coefficient (Wildman–Crippen LogP) is 2.92. The lowest BCUT2D eigenvalue weighted by Gasteiger charge is -2.14. The number of methoxy groups -OCH3 is 1. The minimum Gasteiger partial charge on any atom is -0.496 e. The van der Waals surface area contributed by atoms with Gasteiger partial charge in [-0.3, -0.25) is 4.79 Å². The number of hydrogen-bond donors (Lipinski definition) is 0. The molecule has 0 aliphatic carbocycles. The molecule has 0 saturated carbocycles. The van der Waals surface area contributed by atoms with Crippen LogP contribution in [0.4, 0.5) is 0 Å². The van der Waals surface area contributed by atoms with Crippen LogP contribution in [0.3, 0.4) is 0 Å². The zero-order valence-electron chi connectivity index (χ0n) is 11.4. The molecular formula is C15H20O3. The molecule has 1 heterocycles. The molecule has 2 unspecified atom stereocenters. The molecule has 1 saturated heterocycles. The summed E-state index contributed by atoms with van der Waals surface area (Å²) in [5.74, 6) is 0.793. The lowest BCUT2D eigenvalue weighted by Crippen LogP contribution is -2.17. The molecule has 0 amide bonds. The maximum Gasteiger partial charge on any atom is 0.172 e. The Morgan fingerprint density at radius 1 is 1.39 bits per heavy atom. The highest BCUT2D eigenvalue weighted by molar-refractivity contribution is 6.02. The first-order valence-electron chi connectivity index (χ1n) is 6.34. The van der Waals surface area contributed by atoms with Crippen molar-refractivity contribution >= 4 is 5.78 Å². The fraction of sp³-hybridized carbons (Fsp3) is 0.533. The molecule has 1 aliphatic rings. The van der Waals surface area contributed by atoms with Gasteiger partial charge >= 0.3 is 0 Å². The zero-order chi connectivity index (χ0) is 13.3. The molecule has 1 aliphatic heterocycles. The highest BCUT2D eigenvalue weighted by Crippen LogP contribution is 2.30. The molecule has 3 nitrogen and oxygen atoms in total. The molecule has 3 heteroatoms. The minimum absolute atomic E-state index is 0.0321. The van der Waals surface area contributed by atoms with Crippen LogP contribution in [-0.2, 0) is 4.74 Å². The van der Waals surface area contributed by atoms with Gasteiger partial charge in [0, 0.05) is 5.92 Å². The summed E-state index contributed by atoms with van der Waals surface area (Å²) < 4.78 is 10.8. The quantitative estimate of drug-likeness (QED) is 0.771. The van der Waals surface area contributed by atoms with Gasteiger partial charge in [0.1, 0.15) is 5.75 Å². The number of hydrogen-bond acceptors (Lipinski definition) is 3. The first kappa shape index (κ1) is 13.1. The van der Waals surface area contributed by atoms with E-state index in [0.29, 0.717) is 17.9 Å². The molecule has 0 radical (unpaired) electrons. The van der Waals surface area contributed by atoms with Gasteiger partial charge in [0.25, 0.3) is 0 Å². The molecule has 2 atom stereocenters. The van der Waals surface area contributed by atoms with Crippen LogP contribution in [0.1, 0.15) is 34.8 Å². The van der Waals surface area contributed by atoms with E-state index in [1.165, 1.54) is 0 Å². The average molecular weight is 248 g/mol. The van der Waals surface area contributed by atoms with Crippen molar-refractivity contribution in [3.63, 3.8) is 0 Å². The molecule has 0 aromatic heterocycles. The number of aryl methyl sites for hydroxylation is 2. The number of ether oxygens (including phenoxy) is 2. The van der Waals surface area contributed by atoms with E-state index in [9.17, 15) is 4.79 Å². The number of benzene rings is 1. The van der Waals surface area contributed by atoms with E-state index in [-0.39, 0.29) is 17.8 Å². The summed E-state index contributed by atoms with van der Waals surface area (Å²) in [5, 5.41) is 0. The maximum atomic E-state index is 12.5. The summed E-state index contributed by atoms with van der Waals surface area (Å²) in [7, 11) is 1.61. The molecule has 0 N–H and O–H groups in total. The SMILES string of the molecule is COc1cc(C)cc(C)c1C(=O)C1COC(C)C1. The van der Waals surface area contributed by atoms with E-state index in [2.05, 4.69) is 0 Å². The van der Waals surface area contributed by atoms with E-state index in [4.69, 9.17) is 9.47 Å². The van der Waals surface area contributed by atoms with Crippen LogP contribution < -0.4 is 4.74 Å². The van der Waals surface area contributed by atoms with Crippen LogP contribution in [0.5, 0.6) is 5.75 Å². The molecule has 98 valence electrons.